The van der Waals surface area contributed by atoms with Gasteiger partial charge in [0.2, 0.25) is 0 Å². The molecule has 0 aliphatic carbocycles. The summed E-state index contributed by atoms with van der Waals surface area (Å²) >= 11 is 3.35. The van der Waals surface area contributed by atoms with Crippen LogP contribution in [0.25, 0.3) is 0 Å². The van der Waals surface area contributed by atoms with Crippen LogP contribution >= 0.6 is 15.9 Å². The van der Waals surface area contributed by atoms with Gasteiger partial charge < -0.3 is 9.72 Å². The van der Waals surface area contributed by atoms with Crippen LogP contribution in [-0.2, 0) is 16.4 Å². The summed E-state index contributed by atoms with van der Waals surface area (Å²) in [5.74, 6) is 1.07. The number of aromatic nitrogens is 2. The number of methoxy groups -OCH3 is 1. The van der Waals surface area contributed by atoms with E-state index in [9.17, 15) is 8.42 Å². The number of hydrogen-bond acceptors (Lipinski definition) is 4. The third kappa shape index (κ3) is 3.38. The van der Waals surface area contributed by atoms with Gasteiger partial charge in [0.05, 0.1) is 19.0 Å². The number of H-pyrrole nitrogens is 1. The van der Waals surface area contributed by atoms with E-state index >= 15 is 0 Å². The van der Waals surface area contributed by atoms with E-state index < -0.39 is 10.0 Å². The van der Waals surface area contributed by atoms with Crippen LogP contribution in [0.1, 0.15) is 18.3 Å². The van der Waals surface area contributed by atoms with Crippen molar-refractivity contribution < 1.29 is 13.2 Å². The Hall–Kier alpha value is -1.54. The highest BCUT2D eigenvalue weighted by Gasteiger charge is 2.20. The largest absolute Gasteiger partial charge is 0.495 e. The Balaban J connectivity index is 2.41. The molecule has 0 bridgehead atoms. The molecule has 2 N–H and O–H groups in total. The van der Waals surface area contributed by atoms with E-state index in [2.05, 4.69) is 30.6 Å². The highest BCUT2D eigenvalue weighted by atomic mass is 79.9. The van der Waals surface area contributed by atoms with Gasteiger partial charge in [-0.25, -0.2) is 4.98 Å². The van der Waals surface area contributed by atoms with Gasteiger partial charge in [-0.3, -0.25) is 4.72 Å². The molecule has 0 aliphatic rings. The van der Waals surface area contributed by atoms with Crippen LogP contribution in [0.2, 0.25) is 0 Å². The summed E-state index contributed by atoms with van der Waals surface area (Å²) in [6, 6.07) is 3.51. The summed E-state index contributed by atoms with van der Waals surface area (Å²) in [7, 11) is -2.24. The topological polar surface area (TPSA) is 84.1 Å². The van der Waals surface area contributed by atoms with Crippen molar-refractivity contribution in [3.05, 3.63) is 34.2 Å². The molecule has 0 unspecified atom stereocenters. The van der Waals surface area contributed by atoms with Gasteiger partial charge in [-0.1, -0.05) is 22.9 Å². The van der Waals surface area contributed by atoms with Crippen molar-refractivity contribution in [1.29, 1.82) is 0 Å². The van der Waals surface area contributed by atoms with E-state index in [1.807, 2.05) is 13.0 Å². The second-order valence-corrected chi connectivity index (χ2v) is 7.02. The number of anilines is 1. The molecule has 1 aromatic heterocycles. The Morgan fingerprint density at radius 1 is 1.43 bits per heavy atom. The lowest BCUT2D eigenvalue weighted by molar-refractivity contribution is 0.416. The first-order valence-electron chi connectivity index (χ1n) is 6.28. The minimum atomic E-state index is -3.73. The van der Waals surface area contributed by atoms with Crippen LogP contribution in [0.5, 0.6) is 5.75 Å². The molecule has 2 rings (SSSR count). The number of ether oxygens (including phenoxy) is 1. The Morgan fingerprint density at radius 2 is 2.14 bits per heavy atom. The number of sulfonamides is 1. The quantitative estimate of drug-likeness (QED) is 0.843. The number of aryl methyl sites for hydroxylation is 2. The fraction of sp³-hybridized carbons (Fsp3) is 0.308. The average Bonchev–Trinajstić information content (AvgIpc) is 2.91. The lowest BCUT2D eigenvalue weighted by atomic mass is 10.2. The molecule has 8 heteroatoms. The minimum Gasteiger partial charge on any atom is -0.495 e. The number of aromatic amines is 1. The van der Waals surface area contributed by atoms with Gasteiger partial charge in [-0.15, -0.1) is 0 Å². The smallest absolute Gasteiger partial charge is 0.279 e. The normalized spacial score (nSPS) is 11.4. The molecule has 1 heterocycles. The lowest BCUT2D eigenvalue weighted by Gasteiger charge is -2.14. The summed E-state index contributed by atoms with van der Waals surface area (Å²) in [5.41, 5.74) is 1.16. The lowest BCUT2D eigenvalue weighted by Crippen LogP contribution is -2.15. The zero-order valence-electron chi connectivity index (χ0n) is 11.9. The first-order chi connectivity index (χ1) is 9.87. The fourth-order valence-electron chi connectivity index (χ4n) is 1.85. The number of benzene rings is 1. The standard InChI is InChI=1S/C13H16BrN3O3S/c1-4-11-15-7-12(16-11)21(18,19)17-13-8(2)5-9(14)6-10(13)20-3/h5-7,17H,4H2,1-3H3,(H,15,16). The Kier molecular flexibility index (Phi) is 4.58. The molecular formula is C13H16BrN3O3S. The van der Waals surface area contributed by atoms with Crippen molar-refractivity contribution in [3.8, 4) is 5.75 Å². The van der Waals surface area contributed by atoms with Crippen LogP contribution in [0.15, 0.2) is 27.8 Å². The van der Waals surface area contributed by atoms with Crippen molar-refractivity contribution in [2.45, 2.75) is 25.3 Å². The molecule has 6 nitrogen and oxygen atoms in total. The van der Waals surface area contributed by atoms with E-state index in [4.69, 9.17) is 4.74 Å². The van der Waals surface area contributed by atoms with Gasteiger partial charge in [0, 0.05) is 10.9 Å². The van der Waals surface area contributed by atoms with E-state index in [-0.39, 0.29) is 5.03 Å². The molecule has 1 aromatic carbocycles. The van der Waals surface area contributed by atoms with Crippen molar-refractivity contribution in [3.63, 3.8) is 0 Å². The first-order valence-corrected chi connectivity index (χ1v) is 8.55. The molecule has 0 amide bonds. The van der Waals surface area contributed by atoms with Crippen molar-refractivity contribution >= 4 is 31.6 Å². The number of imidazole rings is 1. The zero-order chi connectivity index (χ0) is 15.6. The van der Waals surface area contributed by atoms with Gasteiger partial charge in [0.1, 0.15) is 11.6 Å². The SMILES string of the molecule is CCc1ncc(S(=O)(=O)Nc2c(C)cc(Br)cc2OC)[nH]1. The molecule has 2 aromatic rings. The van der Waals surface area contributed by atoms with Crippen LogP contribution in [0.3, 0.4) is 0 Å². The monoisotopic (exact) mass is 373 g/mol. The summed E-state index contributed by atoms with van der Waals surface area (Å²) in [6.07, 6.45) is 1.94. The summed E-state index contributed by atoms with van der Waals surface area (Å²) < 4.78 is 33.4. The Bertz CT molecular complexity index is 756. The van der Waals surface area contributed by atoms with E-state index in [1.165, 1.54) is 13.3 Å². The van der Waals surface area contributed by atoms with Crippen molar-refractivity contribution in [2.24, 2.45) is 0 Å². The molecule has 0 saturated carbocycles. The van der Waals surface area contributed by atoms with Gasteiger partial charge in [0.25, 0.3) is 10.0 Å². The highest BCUT2D eigenvalue weighted by Crippen LogP contribution is 2.33. The number of nitrogens with zero attached hydrogens (tertiary/aromatic N) is 1. The van der Waals surface area contributed by atoms with E-state index in [0.717, 1.165) is 10.0 Å². The third-order valence-electron chi connectivity index (χ3n) is 2.95. The predicted octanol–water partition coefficient (Wildman–Crippen LogP) is 2.85. The highest BCUT2D eigenvalue weighted by molar-refractivity contribution is 9.10. The van der Waals surface area contributed by atoms with Gasteiger partial charge in [-0.05, 0) is 24.6 Å². The second-order valence-electron chi connectivity index (χ2n) is 4.45. The number of hydrogen-bond donors (Lipinski definition) is 2. The molecule has 0 aliphatic heterocycles. The van der Waals surface area contributed by atoms with E-state index in [1.54, 1.807) is 13.0 Å². The maximum atomic E-state index is 12.4. The maximum Gasteiger partial charge on any atom is 0.279 e. The molecule has 0 fully saturated rings. The summed E-state index contributed by atoms with van der Waals surface area (Å²) in [5, 5.41) is 0.0312. The number of halogens is 1. The van der Waals surface area contributed by atoms with Crippen LogP contribution in [0.4, 0.5) is 5.69 Å². The van der Waals surface area contributed by atoms with Crippen molar-refractivity contribution in [1.82, 2.24) is 9.97 Å². The predicted molar refractivity (Wildman–Crippen MR) is 84.2 cm³/mol. The van der Waals surface area contributed by atoms with Gasteiger partial charge in [-0.2, -0.15) is 8.42 Å². The summed E-state index contributed by atoms with van der Waals surface area (Å²) in [6.45, 7) is 3.69. The third-order valence-corrected chi connectivity index (χ3v) is 4.67. The van der Waals surface area contributed by atoms with Crippen molar-refractivity contribution in [2.75, 3.05) is 11.8 Å². The first kappa shape index (κ1) is 15.8. The molecule has 114 valence electrons. The Morgan fingerprint density at radius 3 is 2.71 bits per heavy atom. The molecule has 0 saturated heterocycles. The van der Waals surface area contributed by atoms with Crippen LogP contribution in [-0.4, -0.2) is 25.5 Å². The second kappa shape index (κ2) is 6.07. The van der Waals surface area contributed by atoms with Gasteiger partial charge in [0.15, 0.2) is 5.03 Å². The number of nitrogens with one attached hydrogen (secondary N) is 2. The molecule has 0 atom stereocenters. The maximum absolute atomic E-state index is 12.4. The van der Waals surface area contributed by atoms with E-state index in [0.29, 0.717) is 23.7 Å². The van der Waals surface area contributed by atoms with Crippen LogP contribution in [0, 0.1) is 6.92 Å². The zero-order valence-corrected chi connectivity index (χ0v) is 14.3. The minimum absolute atomic E-state index is 0.0312. The number of rotatable bonds is 5. The van der Waals surface area contributed by atoms with Gasteiger partial charge >= 0.3 is 0 Å². The summed E-state index contributed by atoms with van der Waals surface area (Å²) in [4.78, 5) is 6.79. The molecule has 0 radical (unpaired) electrons. The average molecular weight is 374 g/mol. The van der Waals surface area contributed by atoms with Crippen LogP contribution < -0.4 is 9.46 Å². The fourth-order valence-corrected chi connectivity index (χ4v) is 3.49. The Labute approximate surface area is 132 Å². The molecule has 0 spiro atoms. The molecule has 21 heavy (non-hydrogen) atoms. The molecular weight excluding hydrogens is 358 g/mol.